The van der Waals surface area contributed by atoms with Crippen LogP contribution in [0.5, 0.6) is 17.2 Å². The smallest absolute Gasteiger partial charge is 0.301 e. The number of nitrogens with zero attached hydrogens (tertiary/aromatic N) is 2. The predicted octanol–water partition coefficient (Wildman–Crippen LogP) is 6.47. The number of fused-ring (bicyclic) bond motifs is 1. The van der Waals surface area contributed by atoms with Gasteiger partial charge in [0.15, 0.2) is 16.6 Å². The zero-order valence-corrected chi connectivity index (χ0v) is 22.8. The van der Waals surface area contributed by atoms with Crippen molar-refractivity contribution in [2.45, 2.75) is 26.3 Å². The lowest BCUT2D eigenvalue weighted by Gasteiger charge is -2.23. The number of thiazole rings is 1. The first kappa shape index (κ1) is 26.5. The van der Waals surface area contributed by atoms with E-state index in [1.165, 1.54) is 22.3 Å². The van der Waals surface area contributed by atoms with Gasteiger partial charge in [-0.05, 0) is 61.4 Å². The summed E-state index contributed by atoms with van der Waals surface area (Å²) in [6, 6.07) is 15.4. The largest absolute Gasteiger partial charge is 0.507 e. The number of hydrogen-bond donors (Lipinski definition) is 2. The van der Waals surface area contributed by atoms with E-state index in [0.29, 0.717) is 40.6 Å². The quantitative estimate of drug-likeness (QED) is 0.143. The Hall–Kier alpha value is -4.08. The van der Waals surface area contributed by atoms with Gasteiger partial charge in [-0.3, -0.25) is 14.5 Å². The van der Waals surface area contributed by atoms with Crippen LogP contribution in [0.15, 0.2) is 66.2 Å². The SMILES string of the molecule is CCCOc1cccc(/C(O)=C2\C(=O)C(=O)N(c3nc4ccc(Cl)cc4s3)C2c2ccc(O)c(OCC)c2)c1. The third kappa shape index (κ3) is 5.03. The standard InChI is InChI=1S/C29H25ClN2O6S/c1-3-12-38-19-7-5-6-17(13-19)26(34)24-25(16-8-11-21(33)22(14-16)37-4-2)32(28(36)27(24)35)29-31-20-10-9-18(30)15-23(20)39-29/h5-11,13-15,25,33-34H,3-4,12H2,1-2H3/b26-24+. The first-order chi connectivity index (χ1) is 18.8. The number of phenolic OH excluding ortho intramolecular Hbond substituents is 1. The van der Waals surface area contributed by atoms with E-state index in [4.69, 9.17) is 21.1 Å². The molecule has 200 valence electrons. The Morgan fingerprint density at radius 2 is 1.90 bits per heavy atom. The first-order valence-electron chi connectivity index (χ1n) is 12.4. The second-order valence-corrected chi connectivity index (χ2v) is 10.3. The van der Waals surface area contributed by atoms with Crippen molar-refractivity contribution < 1.29 is 29.3 Å². The number of ether oxygens (including phenoxy) is 2. The minimum atomic E-state index is -1.04. The molecule has 1 aromatic heterocycles. The van der Waals surface area contributed by atoms with Gasteiger partial charge < -0.3 is 19.7 Å². The number of benzene rings is 3. The van der Waals surface area contributed by atoms with Crippen LogP contribution in [0.1, 0.15) is 37.4 Å². The summed E-state index contributed by atoms with van der Waals surface area (Å²) in [5.74, 6) is -1.42. The van der Waals surface area contributed by atoms with Crippen molar-refractivity contribution in [3.05, 3.63) is 82.4 Å². The number of Topliss-reactive ketones (excluding diaryl/α,β-unsaturated/α-hetero) is 1. The van der Waals surface area contributed by atoms with Crippen LogP contribution in [-0.4, -0.2) is 40.1 Å². The molecule has 10 heteroatoms. The fraction of sp³-hybridized carbons (Fsp3) is 0.207. The number of halogens is 1. The van der Waals surface area contributed by atoms with E-state index in [1.54, 1.807) is 61.5 Å². The molecule has 3 aromatic carbocycles. The van der Waals surface area contributed by atoms with Crippen LogP contribution in [0.25, 0.3) is 16.0 Å². The summed E-state index contributed by atoms with van der Waals surface area (Å²) in [7, 11) is 0. The summed E-state index contributed by atoms with van der Waals surface area (Å²) < 4.78 is 12.0. The maximum absolute atomic E-state index is 13.5. The second-order valence-electron chi connectivity index (χ2n) is 8.81. The Balaban J connectivity index is 1.70. The fourth-order valence-electron chi connectivity index (χ4n) is 4.42. The molecule has 2 N–H and O–H groups in total. The molecule has 1 aliphatic rings. The Morgan fingerprint density at radius 1 is 1.08 bits per heavy atom. The monoisotopic (exact) mass is 564 g/mol. The highest BCUT2D eigenvalue weighted by Crippen LogP contribution is 2.46. The minimum absolute atomic E-state index is 0.0899. The van der Waals surface area contributed by atoms with E-state index in [2.05, 4.69) is 4.98 Å². The lowest BCUT2D eigenvalue weighted by atomic mass is 9.95. The Labute approximate surface area is 233 Å². The van der Waals surface area contributed by atoms with Crippen molar-refractivity contribution in [2.75, 3.05) is 18.1 Å². The highest BCUT2D eigenvalue weighted by Gasteiger charge is 2.48. The van der Waals surface area contributed by atoms with Crippen molar-refractivity contribution in [3.8, 4) is 17.2 Å². The first-order valence-corrected chi connectivity index (χ1v) is 13.6. The third-order valence-electron chi connectivity index (χ3n) is 6.17. The number of rotatable bonds is 8. The van der Waals surface area contributed by atoms with Crippen molar-refractivity contribution in [3.63, 3.8) is 0 Å². The normalized spacial score (nSPS) is 16.7. The van der Waals surface area contributed by atoms with Gasteiger partial charge in [-0.1, -0.05) is 48.1 Å². The van der Waals surface area contributed by atoms with Crippen molar-refractivity contribution >= 4 is 55.7 Å². The molecule has 2 heterocycles. The molecule has 0 bridgehead atoms. The van der Waals surface area contributed by atoms with E-state index in [-0.39, 0.29) is 28.0 Å². The van der Waals surface area contributed by atoms with E-state index < -0.39 is 17.7 Å². The Bertz CT molecular complexity index is 1610. The van der Waals surface area contributed by atoms with Gasteiger partial charge >= 0.3 is 5.91 Å². The lowest BCUT2D eigenvalue weighted by molar-refractivity contribution is -0.132. The van der Waals surface area contributed by atoms with Crippen LogP contribution in [0.4, 0.5) is 5.13 Å². The highest BCUT2D eigenvalue weighted by molar-refractivity contribution is 7.22. The average molecular weight is 565 g/mol. The van der Waals surface area contributed by atoms with Gasteiger partial charge in [0.05, 0.1) is 35.0 Å². The number of phenols is 1. The number of carbonyl (C=O) groups excluding carboxylic acids is 2. The van der Waals surface area contributed by atoms with Crippen LogP contribution in [0.3, 0.4) is 0 Å². The molecular formula is C29H25ClN2O6S. The molecule has 0 saturated carbocycles. The number of amides is 1. The molecule has 8 nitrogen and oxygen atoms in total. The van der Waals surface area contributed by atoms with Crippen LogP contribution < -0.4 is 14.4 Å². The van der Waals surface area contributed by atoms with Crippen LogP contribution in [0.2, 0.25) is 5.02 Å². The number of aliphatic hydroxyl groups excluding tert-OH is 1. The molecule has 1 fully saturated rings. The Morgan fingerprint density at radius 3 is 2.67 bits per heavy atom. The molecule has 39 heavy (non-hydrogen) atoms. The molecule has 1 aliphatic heterocycles. The van der Waals surface area contributed by atoms with Crippen LogP contribution in [-0.2, 0) is 9.59 Å². The fourth-order valence-corrected chi connectivity index (χ4v) is 5.68. The molecule has 0 spiro atoms. The second kappa shape index (κ2) is 11.0. The summed E-state index contributed by atoms with van der Waals surface area (Å²) in [5, 5.41) is 22.6. The zero-order valence-electron chi connectivity index (χ0n) is 21.2. The van der Waals surface area contributed by atoms with Gasteiger partial charge in [-0.25, -0.2) is 4.98 Å². The summed E-state index contributed by atoms with van der Waals surface area (Å²) in [6.07, 6.45) is 0.803. The number of ketones is 1. The van der Waals surface area contributed by atoms with E-state index >= 15 is 0 Å². The molecular weight excluding hydrogens is 540 g/mol. The maximum Gasteiger partial charge on any atom is 0.301 e. The number of aliphatic hydroxyl groups is 1. The molecule has 5 rings (SSSR count). The third-order valence-corrected chi connectivity index (χ3v) is 7.42. The van der Waals surface area contributed by atoms with Crippen molar-refractivity contribution in [1.29, 1.82) is 0 Å². The summed E-state index contributed by atoms with van der Waals surface area (Å²) in [6.45, 7) is 4.54. The number of carbonyl (C=O) groups is 2. The van der Waals surface area contributed by atoms with E-state index in [9.17, 15) is 19.8 Å². The molecule has 1 atom stereocenters. The predicted molar refractivity (Wildman–Crippen MR) is 151 cm³/mol. The van der Waals surface area contributed by atoms with Crippen LogP contribution in [0, 0.1) is 0 Å². The zero-order chi connectivity index (χ0) is 27.7. The van der Waals surface area contributed by atoms with Gasteiger partial charge in [0, 0.05) is 10.6 Å². The molecule has 0 aliphatic carbocycles. The molecule has 0 radical (unpaired) electrons. The number of hydrogen-bond acceptors (Lipinski definition) is 8. The Kier molecular flexibility index (Phi) is 7.45. The maximum atomic E-state index is 13.5. The van der Waals surface area contributed by atoms with Gasteiger partial charge in [0.2, 0.25) is 0 Å². The van der Waals surface area contributed by atoms with Crippen molar-refractivity contribution in [2.24, 2.45) is 0 Å². The molecule has 1 saturated heterocycles. The average Bonchev–Trinajstić information content (AvgIpc) is 3.46. The van der Waals surface area contributed by atoms with Gasteiger partial charge in [0.1, 0.15) is 11.5 Å². The van der Waals surface area contributed by atoms with Gasteiger partial charge in [-0.15, -0.1) is 0 Å². The molecule has 1 unspecified atom stereocenters. The summed E-state index contributed by atoms with van der Waals surface area (Å²) in [4.78, 5) is 32.9. The van der Waals surface area contributed by atoms with E-state index in [0.717, 1.165) is 11.1 Å². The lowest BCUT2D eigenvalue weighted by Crippen LogP contribution is -2.29. The molecule has 1 amide bonds. The minimum Gasteiger partial charge on any atom is -0.507 e. The molecule has 4 aromatic rings. The van der Waals surface area contributed by atoms with Gasteiger partial charge in [0.25, 0.3) is 5.78 Å². The summed E-state index contributed by atoms with van der Waals surface area (Å²) >= 11 is 7.36. The topological polar surface area (TPSA) is 109 Å². The highest BCUT2D eigenvalue weighted by atomic mass is 35.5. The summed E-state index contributed by atoms with van der Waals surface area (Å²) in [5.41, 5.74) is 1.28. The van der Waals surface area contributed by atoms with Crippen molar-refractivity contribution in [1.82, 2.24) is 4.98 Å². The number of aromatic nitrogens is 1. The van der Waals surface area contributed by atoms with E-state index in [1.807, 2.05) is 6.92 Å². The number of aromatic hydroxyl groups is 1. The van der Waals surface area contributed by atoms with Gasteiger partial charge in [-0.2, -0.15) is 0 Å². The number of anilines is 1. The van der Waals surface area contributed by atoms with Crippen LogP contribution >= 0.6 is 22.9 Å².